The summed E-state index contributed by atoms with van der Waals surface area (Å²) in [6.07, 6.45) is 2.45. The van der Waals surface area contributed by atoms with Crippen LogP contribution in [-0.2, 0) is 0 Å². The van der Waals surface area contributed by atoms with Gasteiger partial charge < -0.3 is 15.6 Å². The molecular weight excluding hydrogens is 238 g/mol. The van der Waals surface area contributed by atoms with Crippen LogP contribution in [-0.4, -0.2) is 28.5 Å². The predicted molar refractivity (Wildman–Crippen MR) is 77.2 cm³/mol. The number of nitrogens with zero attached hydrogens (tertiary/aromatic N) is 2. The normalized spacial score (nSPS) is 22.6. The Labute approximate surface area is 113 Å². The van der Waals surface area contributed by atoms with Crippen LogP contribution in [0.4, 0.5) is 5.82 Å². The molecule has 19 heavy (non-hydrogen) atoms. The second-order valence-corrected chi connectivity index (χ2v) is 5.92. The number of H-pyrrole nitrogens is 1. The highest BCUT2D eigenvalue weighted by molar-refractivity contribution is 5.73. The fraction of sp³-hybridized carbons (Fsp3) is 0.571. The van der Waals surface area contributed by atoms with E-state index in [9.17, 15) is 0 Å². The van der Waals surface area contributed by atoms with Gasteiger partial charge in [0.15, 0.2) is 5.65 Å². The molecule has 5 heteroatoms. The molecule has 0 aromatic carbocycles. The van der Waals surface area contributed by atoms with Crippen molar-refractivity contribution in [1.82, 2.24) is 20.3 Å². The van der Waals surface area contributed by atoms with Crippen LogP contribution in [0, 0.1) is 5.41 Å². The van der Waals surface area contributed by atoms with E-state index in [1.54, 1.807) is 0 Å². The maximum absolute atomic E-state index is 4.67. The third kappa shape index (κ3) is 2.18. The Bertz CT molecular complexity index is 587. The van der Waals surface area contributed by atoms with E-state index >= 15 is 0 Å². The summed E-state index contributed by atoms with van der Waals surface area (Å²) in [5.41, 5.74) is 2.00. The van der Waals surface area contributed by atoms with Crippen molar-refractivity contribution in [3.8, 4) is 0 Å². The van der Waals surface area contributed by atoms with Crippen molar-refractivity contribution in [3.63, 3.8) is 0 Å². The predicted octanol–water partition coefficient (Wildman–Crippen LogP) is 2.45. The third-order valence-corrected chi connectivity index (χ3v) is 4.02. The molecule has 0 amide bonds. The van der Waals surface area contributed by atoms with Crippen LogP contribution in [0.3, 0.4) is 0 Å². The summed E-state index contributed by atoms with van der Waals surface area (Å²) < 4.78 is 0. The highest BCUT2D eigenvalue weighted by Gasteiger charge is 2.35. The Morgan fingerprint density at radius 3 is 2.89 bits per heavy atom. The number of aromatic amines is 1. The zero-order valence-electron chi connectivity index (χ0n) is 11.7. The van der Waals surface area contributed by atoms with E-state index in [1.165, 1.54) is 12.8 Å². The van der Waals surface area contributed by atoms with Crippen molar-refractivity contribution in [2.75, 3.05) is 18.9 Å². The van der Waals surface area contributed by atoms with Crippen molar-refractivity contribution in [3.05, 3.63) is 18.0 Å². The highest BCUT2D eigenvalue weighted by atomic mass is 15.1. The fourth-order valence-corrected chi connectivity index (χ4v) is 2.86. The van der Waals surface area contributed by atoms with Gasteiger partial charge in [-0.1, -0.05) is 13.8 Å². The minimum absolute atomic E-state index is 0.220. The Hall–Kier alpha value is -1.62. The van der Waals surface area contributed by atoms with Gasteiger partial charge >= 0.3 is 0 Å². The molecule has 1 saturated heterocycles. The monoisotopic (exact) mass is 259 g/mol. The van der Waals surface area contributed by atoms with Crippen LogP contribution in [0.5, 0.6) is 0 Å². The first-order valence-electron chi connectivity index (χ1n) is 6.88. The highest BCUT2D eigenvalue weighted by Crippen LogP contribution is 2.39. The number of piperidine rings is 1. The van der Waals surface area contributed by atoms with Crippen LogP contribution >= 0.6 is 0 Å². The summed E-state index contributed by atoms with van der Waals surface area (Å²) in [7, 11) is 1.87. The number of rotatable bonds is 2. The molecule has 5 nitrogen and oxygen atoms in total. The Morgan fingerprint density at radius 1 is 1.32 bits per heavy atom. The molecular formula is C14H21N5. The molecule has 2 aromatic rings. The summed E-state index contributed by atoms with van der Waals surface area (Å²) >= 11 is 0. The van der Waals surface area contributed by atoms with Gasteiger partial charge in [-0.25, -0.2) is 9.97 Å². The summed E-state index contributed by atoms with van der Waals surface area (Å²) in [5.74, 6) is 1.85. The second kappa shape index (κ2) is 4.49. The van der Waals surface area contributed by atoms with Gasteiger partial charge in [-0.15, -0.1) is 0 Å². The van der Waals surface area contributed by atoms with Gasteiger partial charge in [-0.2, -0.15) is 0 Å². The minimum atomic E-state index is 0.220. The maximum Gasteiger partial charge on any atom is 0.179 e. The van der Waals surface area contributed by atoms with Crippen molar-refractivity contribution in [2.45, 2.75) is 32.7 Å². The summed E-state index contributed by atoms with van der Waals surface area (Å²) in [4.78, 5) is 12.6. The van der Waals surface area contributed by atoms with E-state index in [1.807, 2.05) is 19.2 Å². The summed E-state index contributed by atoms with van der Waals surface area (Å²) in [6.45, 7) is 5.65. The number of pyridine rings is 1. The smallest absolute Gasteiger partial charge is 0.179 e. The van der Waals surface area contributed by atoms with Crippen LogP contribution in [0.1, 0.15) is 38.6 Å². The van der Waals surface area contributed by atoms with Crippen LogP contribution in [0.15, 0.2) is 12.1 Å². The molecule has 3 rings (SSSR count). The Morgan fingerprint density at radius 2 is 2.16 bits per heavy atom. The number of imidazole rings is 1. The molecule has 1 fully saturated rings. The number of fused-ring (bicyclic) bond motifs is 1. The zero-order valence-corrected chi connectivity index (χ0v) is 11.7. The lowest BCUT2D eigenvalue weighted by Crippen LogP contribution is -2.40. The van der Waals surface area contributed by atoms with E-state index in [4.69, 9.17) is 0 Å². The standard InChI is InChI=1S/C14H21N5/c1-14(2)7-4-8-16-11(14)13-17-9-5-6-10(15-3)18-12(9)19-13/h5-6,11,16H,4,7-8H2,1-3H3,(H2,15,17,18,19). The zero-order chi connectivity index (χ0) is 13.5. The van der Waals surface area contributed by atoms with E-state index < -0.39 is 0 Å². The molecule has 0 spiro atoms. The van der Waals surface area contributed by atoms with Crippen molar-refractivity contribution in [2.24, 2.45) is 5.41 Å². The molecule has 102 valence electrons. The minimum Gasteiger partial charge on any atom is -0.373 e. The number of hydrogen-bond donors (Lipinski definition) is 3. The van der Waals surface area contributed by atoms with Crippen LogP contribution < -0.4 is 10.6 Å². The maximum atomic E-state index is 4.67. The molecule has 1 unspecified atom stereocenters. The molecule has 1 atom stereocenters. The fourth-order valence-electron chi connectivity index (χ4n) is 2.86. The SMILES string of the molecule is CNc1ccc2[nH]c(C3NCCCC3(C)C)nc2n1. The molecule has 0 aliphatic carbocycles. The average molecular weight is 259 g/mol. The van der Waals surface area contributed by atoms with Gasteiger partial charge in [0, 0.05) is 7.05 Å². The van der Waals surface area contributed by atoms with E-state index in [0.717, 1.165) is 29.4 Å². The lowest BCUT2D eigenvalue weighted by Gasteiger charge is -2.38. The van der Waals surface area contributed by atoms with Crippen LogP contribution in [0.2, 0.25) is 0 Å². The van der Waals surface area contributed by atoms with Gasteiger partial charge in [-0.05, 0) is 36.9 Å². The van der Waals surface area contributed by atoms with Gasteiger partial charge in [0.25, 0.3) is 0 Å². The lowest BCUT2D eigenvalue weighted by atomic mass is 9.77. The van der Waals surface area contributed by atoms with E-state index in [0.29, 0.717) is 0 Å². The third-order valence-electron chi connectivity index (χ3n) is 4.02. The molecule has 0 saturated carbocycles. The summed E-state index contributed by atoms with van der Waals surface area (Å²) in [5, 5.41) is 6.62. The van der Waals surface area contributed by atoms with Crippen molar-refractivity contribution >= 4 is 17.0 Å². The molecule has 0 radical (unpaired) electrons. The molecule has 3 heterocycles. The number of nitrogens with one attached hydrogen (secondary N) is 3. The molecule has 1 aliphatic heterocycles. The quantitative estimate of drug-likeness (QED) is 0.775. The molecule has 3 N–H and O–H groups in total. The molecule has 2 aromatic heterocycles. The van der Waals surface area contributed by atoms with Gasteiger partial charge in [-0.3, -0.25) is 0 Å². The first-order valence-corrected chi connectivity index (χ1v) is 6.88. The van der Waals surface area contributed by atoms with Crippen LogP contribution in [0.25, 0.3) is 11.2 Å². The second-order valence-electron chi connectivity index (χ2n) is 5.92. The van der Waals surface area contributed by atoms with Gasteiger partial charge in [0.05, 0.1) is 11.6 Å². The number of hydrogen-bond acceptors (Lipinski definition) is 4. The Balaban J connectivity index is 2.00. The van der Waals surface area contributed by atoms with Crippen molar-refractivity contribution in [1.29, 1.82) is 0 Å². The van der Waals surface area contributed by atoms with E-state index in [2.05, 4.69) is 39.4 Å². The number of aromatic nitrogens is 3. The molecule has 0 bridgehead atoms. The lowest BCUT2D eigenvalue weighted by molar-refractivity contribution is 0.175. The first kappa shape index (κ1) is 12.4. The van der Waals surface area contributed by atoms with Crippen molar-refractivity contribution < 1.29 is 0 Å². The topological polar surface area (TPSA) is 65.6 Å². The Kier molecular flexibility index (Phi) is 2.93. The number of anilines is 1. The first-order chi connectivity index (χ1) is 9.10. The van der Waals surface area contributed by atoms with E-state index in [-0.39, 0.29) is 11.5 Å². The van der Waals surface area contributed by atoms with Gasteiger partial charge in [0.2, 0.25) is 0 Å². The summed E-state index contributed by atoms with van der Waals surface area (Å²) in [6, 6.07) is 4.26. The average Bonchev–Trinajstić information content (AvgIpc) is 2.80. The van der Waals surface area contributed by atoms with Gasteiger partial charge in [0.1, 0.15) is 11.6 Å². The largest absolute Gasteiger partial charge is 0.373 e. The molecule has 1 aliphatic rings.